The predicted molar refractivity (Wildman–Crippen MR) is 57.9 cm³/mol. The topological polar surface area (TPSA) is 24.1 Å². The van der Waals surface area contributed by atoms with Crippen LogP contribution in [0.3, 0.4) is 0 Å². The molecule has 1 fully saturated rings. The first-order valence-electron chi connectivity index (χ1n) is 5.44. The zero-order chi connectivity index (χ0) is 9.90. The van der Waals surface area contributed by atoms with Gasteiger partial charge in [0, 0.05) is 12.6 Å². The number of hydrogen-bond acceptors (Lipinski definition) is 2. The molecule has 78 valence electrons. The van der Waals surface area contributed by atoms with Crippen LogP contribution in [0.4, 0.5) is 0 Å². The van der Waals surface area contributed by atoms with E-state index < -0.39 is 0 Å². The molecule has 2 heteroatoms. The molecular weight excluding hydrogens is 160 g/mol. The Morgan fingerprint density at radius 3 is 2.62 bits per heavy atom. The zero-order valence-corrected chi connectivity index (χ0v) is 9.48. The van der Waals surface area contributed by atoms with Gasteiger partial charge in [-0.15, -0.1) is 0 Å². The van der Waals surface area contributed by atoms with Crippen LogP contribution in [-0.4, -0.2) is 25.7 Å². The van der Waals surface area contributed by atoms with Crippen molar-refractivity contribution in [2.24, 2.45) is 11.3 Å². The highest BCUT2D eigenvalue weighted by Crippen LogP contribution is 2.24. The lowest BCUT2D eigenvalue weighted by Crippen LogP contribution is -2.37. The highest BCUT2D eigenvalue weighted by molar-refractivity contribution is 4.80. The van der Waals surface area contributed by atoms with Gasteiger partial charge in [-0.2, -0.15) is 0 Å². The fraction of sp³-hybridized carbons (Fsp3) is 1.00. The van der Waals surface area contributed by atoms with Crippen LogP contribution in [0.1, 0.15) is 34.1 Å². The molecule has 13 heavy (non-hydrogen) atoms. The number of hydrogen-bond donors (Lipinski definition) is 2. The van der Waals surface area contributed by atoms with Gasteiger partial charge in [0.2, 0.25) is 0 Å². The summed E-state index contributed by atoms with van der Waals surface area (Å²) >= 11 is 0. The Hall–Kier alpha value is -0.0800. The van der Waals surface area contributed by atoms with Crippen LogP contribution < -0.4 is 10.6 Å². The Morgan fingerprint density at radius 2 is 2.15 bits per heavy atom. The van der Waals surface area contributed by atoms with E-state index in [9.17, 15) is 0 Å². The number of nitrogens with one attached hydrogen (secondary N) is 2. The second-order valence-corrected chi connectivity index (χ2v) is 5.37. The van der Waals surface area contributed by atoms with Gasteiger partial charge in [0.15, 0.2) is 0 Å². The molecule has 0 bridgehead atoms. The van der Waals surface area contributed by atoms with E-state index in [2.05, 4.69) is 38.3 Å². The van der Waals surface area contributed by atoms with E-state index in [4.69, 9.17) is 0 Å². The van der Waals surface area contributed by atoms with Crippen molar-refractivity contribution in [1.82, 2.24) is 10.6 Å². The zero-order valence-electron chi connectivity index (χ0n) is 9.48. The van der Waals surface area contributed by atoms with Gasteiger partial charge < -0.3 is 10.6 Å². The molecule has 2 nitrogen and oxygen atoms in total. The van der Waals surface area contributed by atoms with Gasteiger partial charge in [0.25, 0.3) is 0 Å². The lowest BCUT2D eigenvalue weighted by molar-refractivity contribution is 0.246. The third-order valence-electron chi connectivity index (χ3n) is 3.25. The summed E-state index contributed by atoms with van der Waals surface area (Å²) in [5.74, 6) is 0.744. The molecule has 1 aliphatic heterocycles. The molecule has 0 aromatic carbocycles. The van der Waals surface area contributed by atoms with Crippen LogP contribution in [-0.2, 0) is 0 Å². The van der Waals surface area contributed by atoms with Gasteiger partial charge in [0.1, 0.15) is 0 Å². The summed E-state index contributed by atoms with van der Waals surface area (Å²) in [6.07, 6.45) is 1.29. The molecule has 1 saturated heterocycles. The average molecular weight is 184 g/mol. The first-order chi connectivity index (χ1) is 6.00. The Bertz CT molecular complexity index is 143. The molecule has 1 rings (SSSR count). The highest BCUT2D eigenvalue weighted by atomic mass is 15.0. The van der Waals surface area contributed by atoms with Crippen LogP contribution in [0.15, 0.2) is 0 Å². The summed E-state index contributed by atoms with van der Waals surface area (Å²) in [5, 5.41) is 7.00. The average Bonchev–Trinajstić information content (AvgIpc) is 2.50. The molecular formula is C11H24N2. The second-order valence-electron chi connectivity index (χ2n) is 5.37. The molecule has 0 aromatic rings. The van der Waals surface area contributed by atoms with E-state index in [1.807, 2.05) is 0 Å². The van der Waals surface area contributed by atoms with Crippen molar-refractivity contribution in [3.8, 4) is 0 Å². The van der Waals surface area contributed by atoms with E-state index in [1.165, 1.54) is 13.0 Å². The van der Waals surface area contributed by atoms with Crippen LogP contribution in [0.5, 0.6) is 0 Å². The maximum Gasteiger partial charge on any atom is 0.0204 e. The fourth-order valence-electron chi connectivity index (χ4n) is 1.48. The minimum absolute atomic E-state index is 0.430. The Labute approximate surface area is 82.5 Å². The summed E-state index contributed by atoms with van der Waals surface area (Å²) in [5.41, 5.74) is 0.430. The van der Waals surface area contributed by atoms with E-state index in [0.717, 1.165) is 19.0 Å². The Morgan fingerprint density at radius 1 is 1.46 bits per heavy atom. The van der Waals surface area contributed by atoms with Crippen molar-refractivity contribution in [3.63, 3.8) is 0 Å². The molecule has 1 aliphatic rings. The molecule has 0 radical (unpaired) electrons. The lowest BCUT2D eigenvalue weighted by Gasteiger charge is -2.28. The summed E-state index contributed by atoms with van der Waals surface area (Å²) in [6, 6.07) is 0.713. The van der Waals surface area contributed by atoms with Crippen molar-refractivity contribution in [2.75, 3.05) is 19.6 Å². The van der Waals surface area contributed by atoms with Gasteiger partial charge in [-0.25, -0.2) is 0 Å². The van der Waals surface area contributed by atoms with Crippen LogP contribution in [0, 0.1) is 11.3 Å². The summed E-state index contributed by atoms with van der Waals surface area (Å²) in [7, 11) is 0. The van der Waals surface area contributed by atoms with Crippen LogP contribution >= 0.6 is 0 Å². The summed E-state index contributed by atoms with van der Waals surface area (Å²) < 4.78 is 0. The first-order valence-corrected chi connectivity index (χ1v) is 5.44. The molecule has 0 aromatic heterocycles. The third kappa shape index (κ3) is 3.65. The largest absolute Gasteiger partial charge is 0.315 e. The summed E-state index contributed by atoms with van der Waals surface area (Å²) in [6.45, 7) is 12.7. The van der Waals surface area contributed by atoms with Crippen molar-refractivity contribution < 1.29 is 0 Å². The van der Waals surface area contributed by atoms with E-state index in [1.54, 1.807) is 0 Å². The van der Waals surface area contributed by atoms with Gasteiger partial charge in [0.05, 0.1) is 0 Å². The van der Waals surface area contributed by atoms with Gasteiger partial charge in [-0.1, -0.05) is 27.7 Å². The second kappa shape index (κ2) is 4.43. The first kappa shape index (κ1) is 11.0. The maximum absolute atomic E-state index is 3.63. The normalized spacial score (nSPS) is 26.3. The fourth-order valence-corrected chi connectivity index (χ4v) is 1.48. The van der Waals surface area contributed by atoms with Gasteiger partial charge in [-0.05, 0) is 30.8 Å². The minimum Gasteiger partial charge on any atom is -0.315 e. The van der Waals surface area contributed by atoms with E-state index in [0.29, 0.717) is 11.5 Å². The quantitative estimate of drug-likeness (QED) is 0.696. The predicted octanol–water partition coefficient (Wildman–Crippen LogP) is 1.62. The van der Waals surface area contributed by atoms with Crippen molar-refractivity contribution >= 4 is 0 Å². The van der Waals surface area contributed by atoms with Crippen molar-refractivity contribution in [2.45, 2.75) is 40.2 Å². The van der Waals surface area contributed by atoms with Crippen LogP contribution in [0.25, 0.3) is 0 Å². The molecule has 2 atom stereocenters. The maximum atomic E-state index is 3.63. The standard InChI is InChI=1S/C11H24N2/c1-9(11(2,3)4)7-13-10-5-6-12-8-10/h9-10,12-13H,5-8H2,1-4H3. The number of rotatable bonds is 3. The van der Waals surface area contributed by atoms with E-state index >= 15 is 0 Å². The third-order valence-corrected chi connectivity index (χ3v) is 3.25. The minimum atomic E-state index is 0.430. The smallest absolute Gasteiger partial charge is 0.0204 e. The molecule has 0 aliphatic carbocycles. The lowest BCUT2D eigenvalue weighted by atomic mass is 9.82. The highest BCUT2D eigenvalue weighted by Gasteiger charge is 2.21. The Kier molecular flexibility index (Phi) is 3.74. The molecule has 2 N–H and O–H groups in total. The molecule has 0 spiro atoms. The van der Waals surface area contributed by atoms with Crippen LogP contribution in [0.2, 0.25) is 0 Å². The molecule has 2 unspecified atom stereocenters. The van der Waals surface area contributed by atoms with Crippen molar-refractivity contribution in [3.05, 3.63) is 0 Å². The van der Waals surface area contributed by atoms with Crippen molar-refractivity contribution in [1.29, 1.82) is 0 Å². The molecule has 0 amide bonds. The monoisotopic (exact) mass is 184 g/mol. The SMILES string of the molecule is CC(CNC1CCNC1)C(C)(C)C. The van der Waals surface area contributed by atoms with Gasteiger partial charge in [-0.3, -0.25) is 0 Å². The van der Waals surface area contributed by atoms with Gasteiger partial charge >= 0.3 is 0 Å². The molecule has 0 saturated carbocycles. The molecule has 1 heterocycles. The Balaban J connectivity index is 2.17. The van der Waals surface area contributed by atoms with E-state index in [-0.39, 0.29) is 0 Å². The summed E-state index contributed by atoms with van der Waals surface area (Å²) in [4.78, 5) is 0.